The summed E-state index contributed by atoms with van der Waals surface area (Å²) >= 11 is 0. The van der Waals surface area contributed by atoms with Crippen molar-refractivity contribution in [2.75, 3.05) is 27.4 Å². The van der Waals surface area contributed by atoms with Crippen LogP contribution in [0.4, 0.5) is 0 Å². The van der Waals surface area contributed by atoms with Gasteiger partial charge in [0, 0.05) is 19.6 Å². The molecule has 2 nitrogen and oxygen atoms in total. The first-order valence-corrected chi connectivity index (χ1v) is 7.09. The second-order valence-corrected chi connectivity index (χ2v) is 5.79. The zero-order valence-electron chi connectivity index (χ0n) is 11.9. The summed E-state index contributed by atoms with van der Waals surface area (Å²) < 4.78 is 11.1. The van der Waals surface area contributed by atoms with Gasteiger partial charge in [-0.25, -0.2) is 0 Å². The topological polar surface area (TPSA) is 18.5 Å². The van der Waals surface area contributed by atoms with E-state index in [4.69, 9.17) is 9.47 Å². The standard InChI is InChI=1S/C17H22O2/c1-18-11-17(12-19-2)9-5-8-15-14-7-4-3-6-13(14)10-16(15)17/h3-4,6-7H,5,8-12H2,1-2H3. The summed E-state index contributed by atoms with van der Waals surface area (Å²) in [5.41, 5.74) is 6.18. The minimum atomic E-state index is 0.0934. The Kier molecular flexibility index (Phi) is 3.46. The molecule has 2 aliphatic carbocycles. The number of fused-ring (bicyclic) bond motifs is 2. The van der Waals surface area contributed by atoms with Crippen LogP contribution in [0.1, 0.15) is 30.4 Å². The maximum atomic E-state index is 5.53. The van der Waals surface area contributed by atoms with Crippen LogP contribution >= 0.6 is 0 Å². The number of ether oxygens (including phenoxy) is 2. The van der Waals surface area contributed by atoms with Crippen molar-refractivity contribution in [3.63, 3.8) is 0 Å². The Hall–Kier alpha value is -1.12. The molecule has 0 saturated heterocycles. The van der Waals surface area contributed by atoms with Gasteiger partial charge in [0.05, 0.1) is 13.2 Å². The van der Waals surface area contributed by atoms with Gasteiger partial charge in [-0.1, -0.05) is 29.8 Å². The Morgan fingerprint density at radius 1 is 1.11 bits per heavy atom. The fourth-order valence-corrected chi connectivity index (χ4v) is 3.89. The SMILES string of the molecule is COCC1(COC)CCCC2=C1Cc1ccccc12. The summed E-state index contributed by atoms with van der Waals surface area (Å²) in [5.74, 6) is 0. The van der Waals surface area contributed by atoms with Crippen LogP contribution in [-0.4, -0.2) is 27.4 Å². The van der Waals surface area contributed by atoms with Crippen molar-refractivity contribution in [3.8, 4) is 0 Å². The molecule has 0 saturated carbocycles. The lowest BCUT2D eigenvalue weighted by Gasteiger charge is -2.38. The van der Waals surface area contributed by atoms with Gasteiger partial charge in [-0.15, -0.1) is 0 Å². The van der Waals surface area contributed by atoms with E-state index in [1.807, 2.05) is 0 Å². The molecule has 0 bridgehead atoms. The highest BCUT2D eigenvalue weighted by Gasteiger charge is 2.41. The third-order valence-corrected chi connectivity index (χ3v) is 4.64. The quantitative estimate of drug-likeness (QED) is 0.823. The maximum Gasteiger partial charge on any atom is 0.0578 e. The van der Waals surface area contributed by atoms with Gasteiger partial charge < -0.3 is 9.47 Å². The lowest BCUT2D eigenvalue weighted by molar-refractivity contribution is 0.0241. The maximum absolute atomic E-state index is 5.53. The van der Waals surface area contributed by atoms with Crippen molar-refractivity contribution in [2.24, 2.45) is 5.41 Å². The largest absolute Gasteiger partial charge is 0.384 e. The van der Waals surface area contributed by atoms with Gasteiger partial charge in [0.25, 0.3) is 0 Å². The molecule has 102 valence electrons. The molecule has 0 N–H and O–H groups in total. The van der Waals surface area contributed by atoms with E-state index in [1.165, 1.54) is 30.4 Å². The summed E-state index contributed by atoms with van der Waals surface area (Å²) in [6.45, 7) is 1.54. The first-order chi connectivity index (χ1) is 9.30. The van der Waals surface area contributed by atoms with Gasteiger partial charge in [-0.3, -0.25) is 0 Å². The van der Waals surface area contributed by atoms with E-state index in [0.29, 0.717) is 0 Å². The number of hydrogen-bond acceptors (Lipinski definition) is 2. The molecule has 0 radical (unpaired) electrons. The van der Waals surface area contributed by atoms with Crippen LogP contribution in [0.5, 0.6) is 0 Å². The van der Waals surface area contributed by atoms with Gasteiger partial charge in [0.15, 0.2) is 0 Å². The molecule has 2 aliphatic rings. The van der Waals surface area contributed by atoms with Crippen LogP contribution in [-0.2, 0) is 15.9 Å². The van der Waals surface area contributed by atoms with Crippen LogP contribution < -0.4 is 0 Å². The van der Waals surface area contributed by atoms with Crippen LogP contribution in [0, 0.1) is 5.41 Å². The molecule has 0 unspecified atom stereocenters. The molecule has 0 aliphatic heterocycles. The van der Waals surface area contributed by atoms with Crippen LogP contribution in [0.2, 0.25) is 0 Å². The molecule has 0 heterocycles. The zero-order chi connectivity index (χ0) is 13.3. The zero-order valence-corrected chi connectivity index (χ0v) is 11.9. The van der Waals surface area contributed by atoms with Gasteiger partial charge in [-0.2, -0.15) is 0 Å². The van der Waals surface area contributed by atoms with E-state index in [2.05, 4.69) is 24.3 Å². The normalized spacial score (nSPS) is 20.3. The lowest BCUT2D eigenvalue weighted by atomic mass is 9.70. The number of hydrogen-bond donors (Lipinski definition) is 0. The molecule has 0 aromatic heterocycles. The van der Waals surface area contributed by atoms with E-state index in [-0.39, 0.29) is 5.41 Å². The smallest absolute Gasteiger partial charge is 0.0578 e. The summed E-state index contributed by atoms with van der Waals surface area (Å²) in [4.78, 5) is 0. The average molecular weight is 258 g/mol. The van der Waals surface area contributed by atoms with E-state index in [9.17, 15) is 0 Å². The fraction of sp³-hybridized carbons (Fsp3) is 0.529. The molecule has 0 amide bonds. The summed E-state index contributed by atoms with van der Waals surface area (Å²) in [5, 5.41) is 0. The van der Waals surface area contributed by atoms with E-state index in [0.717, 1.165) is 19.6 Å². The van der Waals surface area contributed by atoms with Gasteiger partial charge in [0.1, 0.15) is 0 Å². The molecule has 3 rings (SSSR count). The fourth-order valence-electron chi connectivity index (χ4n) is 3.89. The average Bonchev–Trinajstić information content (AvgIpc) is 2.80. The van der Waals surface area contributed by atoms with Gasteiger partial charge in [0.2, 0.25) is 0 Å². The van der Waals surface area contributed by atoms with Gasteiger partial charge >= 0.3 is 0 Å². The second kappa shape index (κ2) is 5.10. The Morgan fingerprint density at radius 3 is 2.58 bits per heavy atom. The molecular formula is C17H22O2. The highest BCUT2D eigenvalue weighted by atomic mass is 16.5. The number of allylic oxidation sites excluding steroid dienone is 1. The first-order valence-electron chi connectivity index (χ1n) is 7.09. The van der Waals surface area contributed by atoms with E-state index >= 15 is 0 Å². The van der Waals surface area contributed by atoms with Gasteiger partial charge in [-0.05, 0) is 42.4 Å². The van der Waals surface area contributed by atoms with E-state index in [1.54, 1.807) is 25.4 Å². The highest BCUT2D eigenvalue weighted by Crippen LogP contribution is 2.50. The Labute approximate surface area is 115 Å². The van der Waals surface area contributed by atoms with Crippen LogP contribution in [0.3, 0.4) is 0 Å². The third kappa shape index (κ3) is 2.03. The Morgan fingerprint density at radius 2 is 1.84 bits per heavy atom. The van der Waals surface area contributed by atoms with Crippen molar-refractivity contribution in [1.82, 2.24) is 0 Å². The number of benzene rings is 1. The Bertz CT molecular complexity index is 496. The first kappa shape index (κ1) is 12.9. The Balaban J connectivity index is 2.04. The van der Waals surface area contributed by atoms with Crippen molar-refractivity contribution in [3.05, 3.63) is 41.0 Å². The molecule has 1 aromatic rings. The minimum absolute atomic E-state index is 0.0934. The predicted octanol–water partition coefficient (Wildman–Crippen LogP) is 3.46. The second-order valence-electron chi connectivity index (χ2n) is 5.79. The lowest BCUT2D eigenvalue weighted by Crippen LogP contribution is -2.36. The summed E-state index contributed by atoms with van der Waals surface area (Å²) in [6, 6.07) is 8.83. The third-order valence-electron chi connectivity index (χ3n) is 4.64. The van der Waals surface area contributed by atoms with Crippen molar-refractivity contribution < 1.29 is 9.47 Å². The van der Waals surface area contributed by atoms with Crippen LogP contribution in [0.25, 0.3) is 5.57 Å². The molecule has 0 atom stereocenters. The number of rotatable bonds is 4. The monoisotopic (exact) mass is 258 g/mol. The minimum Gasteiger partial charge on any atom is -0.384 e. The van der Waals surface area contributed by atoms with Crippen LogP contribution in [0.15, 0.2) is 29.8 Å². The molecule has 0 fully saturated rings. The number of methoxy groups -OCH3 is 2. The molecule has 0 spiro atoms. The molecular weight excluding hydrogens is 236 g/mol. The van der Waals surface area contributed by atoms with Crippen molar-refractivity contribution >= 4 is 5.57 Å². The van der Waals surface area contributed by atoms with Crippen molar-refractivity contribution in [1.29, 1.82) is 0 Å². The molecule has 19 heavy (non-hydrogen) atoms. The summed E-state index contributed by atoms with van der Waals surface area (Å²) in [6.07, 6.45) is 4.71. The summed E-state index contributed by atoms with van der Waals surface area (Å²) in [7, 11) is 3.60. The highest BCUT2D eigenvalue weighted by molar-refractivity contribution is 5.78. The molecule has 1 aromatic carbocycles. The molecule has 2 heteroatoms. The van der Waals surface area contributed by atoms with E-state index < -0.39 is 0 Å². The predicted molar refractivity (Wildman–Crippen MR) is 77.1 cm³/mol. The van der Waals surface area contributed by atoms with Crippen molar-refractivity contribution in [2.45, 2.75) is 25.7 Å².